The van der Waals surface area contributed by atoms with Crippen molar-refractivity contribution in [1.82, 2.24) is 29.5 Å². The number of carbonyl (C=O) groups is 3. The fraction of sp³-hybridized carbons (Fsp3) is 0.356. The van der Waals surface area contributed by atoms with Crippen LogP contribution in [-0.4, -0.2) is 78.8 Å². The molecule has 0 saturated carbocycles. The van der Waals surface area contributed by atoms with Gasteiger partial charge < -0.3 is 9.47 Å². The normalized spacial score (nSPS) is 15.4. The number of nitrogens with zero attached hydrogens (tertiary/aromatic N) is 8. The molecule has 0 saturated heterocycles. The highest BCUT2D eigenvalue weighted by molar-refractivity contribution is 7.17. The third kappa shape index (κ3) is 8.48. The average molecular weight is 912 g/mol. The Kier molecular flexibility index (Phi) is 12.8. The van der Waals surface area contributed by atoms with Crippen LogP contribution in [0.25, 0.3) is 10.0 Å². The Morgan fingerprint density at radius 1 is 0.661 bits per heavy atom. The van der Waals surface area contributed by atoms with Gasteiger partial charge in [0.1, 0.15) is 39.5 Å². The molecule has 0 bridgehead atoms. The second-order valence-corrected chi connectivity index (χ2v) is 18.4. The predicted octanol–water partition coefficient (Wildman–Crippen LogP) is 9.59. The quantitative estimate of drug-likeness (QED) is 0.0556. The van der Waals surface area contributed by atoms with E-state index in [1.165, 1.54) is 23.3 Å². The molecule has 0 radical (unpaired) electrons. The summed E-state index contributed by atoms with van der Waals surface area (Å²) in [6, 6.07) is 13.8. The van der Waals surface area contributed by atoms with Crippen molar-refractivity contribution in [2.24, 2.45) is 9.98 Å². The molecule has 62 heavy (non-hydrogen) atoms. The van der Waals surface area contributed by atoms with Crippen molar-refractivity contribution in [2.45, 2.75) is 85.2 Å². The highest BCUT2D eigenvalue weighted by atomic mass is 35.5. The Balaban J connectivity index is 0.911. The minimum atomic E-state index is -0.660. The van der Waals surface area contributed by atoms with Crippen LogP contribution in [0.15, 0.2) is 58.5 Å². The van der Waals surface area contributed by atoms with Crippen molar-refractivity contribution >= 4 is 74.8 Å². The number of hydrogen-bond acceptors (Lipinski definition) is 13. The number of thiophene rings is 2. The smallest absolute Gasteiger partial charge is 0.308 e. The van der Waals surface area contributed by atoms with Crippen LogP contribution in [0.1, 0.15) is 122 Å². The number of Topliss-reactive ketones (excluding diaryl/α,β-unsaturated/α-hetero) is 2. The molecule has 13 nitrogen and oxygen atoms in total. The molecule has 2 aliphatic heterocycles. The number of aryl methyl sites for hydroxylation is 3. The lowest BCUT2D eigenvalue weighted by molar-refractivity contribution is -0.141. The molecule has 0 spiro atoms. The fourth-order valence-electron chi connectivity index (χ4n) is 7.90. The topological polar surface area (TPSA) is 156 Å². The van der Waals surface area contributed by atoms with E-state index in [-0.39, 0.29) is 30.8 Å². The predicted molar refractivity (Wildman–Crippen MR) is 242 cm³/mol. The molecule has 2 atom stereocenters. The zero-order chi connectivity index (χ0) is 43.8. The second kappa shape index (κ2) is 18.3. The van der Waals surface area contributed by atoms with E-state index in [1.54, 1.807) is 23.5 Å². The largest absolute Gasteiger partial charge is 0.469 e. The molecular formula is C45H44Cl2N8O5S2. The van der Waals surface area contributed by atoms with Crippen molar-refractivity contribution in [3.05, 3.63) is 125 Å². The molecule has 0 aliphatic carbocycles. The van der Waals surface area contributed by atoms with Gasteiger partial charge in [0, 0.05) is 69.7 Å². The van der Waals surface area contributed by atoms with Gasteiger partial charge in [0.15, 0.2) is 17.4 Å². The number of ether oxygens (including phenoxy) is 2. The average Bonchev–Trinajstić information content (AvgIpc) is 3.96. The molecule has 17 heteroatoms. The summed E-state index contributed by atoms with van der Waals surface area (Å²) in [5.41, 5.74) is 6.88. The van der Waals surface area contributed by atoms with Crippen LogP contribution in [0.5, 0.6) is 0 Å². The second-order valence-electron chi connectivity index (χ2n) is 15.3. The Morgan fingerprint density at radius 2 is 1.16 bits per heavy atom. The molecule has 4 aromatic heterocycles. The van der Waals surface area contributed by atoms with E-state index in [1.807, 2.05) is 66.3 Å². The van der Waals surface area contributed by atoms with Gasteiger partial charge in [-0.2, -0.15) is 0 Å². The summed E-state index contributed by atoms with van der Waals surface area (Å²) < 4.78 is 14.9. The lowest BCUT2D eigenvalue weighted by Gasteiger charge is -2.12. The van der Waals surface area contributed by atoms with Crippen LogP contribution in [0, 0.1) is 34.6 Å². The van der Waals surface area contributed by atoms with E-state index in [9.17, 15) is 14.4 Å². The first-order valence-corrected chi connectivity index (χ1v) is 22.7. The van der Waals surface area contributed by atoms with E-state index >= 15 is 0 Å². The number of ketones is 2. The minimum Gasteiger partial charge on any atom is -0.469 e. The number of rotatable bonds is 15. The molecule has 0 amide bonds. The minimum absolute atomic E-state index is 0.0158. The van der Waals surface area contributed by atoms with Gasteiger partial charge in [-0.1, -0.05) is 47.5 Å². The van der Waals surface area contributed by atoms with Gasteiger partial charge in [0.05, 0.1) is 29.8 Å². The number of methoxy groups -OCH3 is 1. The van der Waals surface area contributed by atoms with E-state index in [4.69, 9.17) is 42.7 Å². The lowest BCUT2D eigenvalue weighted by atomic mass is 9.98. The molecule has 6 heterocycles. The van der Waals surface area contributed by atoms with Crippen molar-refractivity contribution in [2.75, 3.05) is 20.3 Å². The van der Waals surface area contributed by atoms with Crippen molar-refractivity contribution in [3.8, 4) is 10.0 Å². The molecule has 0 N–H and O–H groups in total. The molecule has 0 fully saturated rings. The van der Waals surface area contributed by atoms with Crippen molar-refractivity contribution < 1.29 is 23.9 Å². The number of hydrogen-bond donors (Lipinski definition) is 0. The summed E-state index contributed by atoms with van der Waals surface area (Å²) >= 11 is 15.5. The van der Waals surface area contributed by atoms with E-state index in [2.05, 4.69) is 34.2 Å². The summed E-state index contributed by atoms with van der Waals surface area (Å²) in [7, 11) is 1.34. The number of aliphatic imine (C=N–C) groups is 2. The zero-order valence-electron chi connectivity index (χ0n) is 35.1. The molecular weight excluding hydrogens is 868 g/mol. The van der Waals surface area contributed by atoms with Crippen molar-refractivity contribution in [1.29, 1.82) is 0 Å². The number of esters is 1. The van der Waals surface area contributed by atoms with E-state index in [0.717, 1.165) is 54.9 Å². The van der Waals surface area contributed by atoms with Gasteiger partial charge in [0.25, 0.3) is 0 Å². The molecule has 2 aliphatic rings. The van der Waals surface area contributed by atoms with E-state index in [0.29, 0.717) is 70.6 Å². The zero-order valence-corrected chi connectivity index (χ0v) is 38.3. The Hall–Kier alpha value is -5.19. The molecule has 6 aromatic rings. The maximum Gasteiger partial charge on any atom is 0.308 e. The monoisotopic (exact) mass is 910 g/mol. The SMILES string of the molecule is COC(=O)C[C@H]1N=C(c2ccc(Cl)cc2)c2c(sc(C(=O)CCCOCCCC(=O)C[C@H]3N=C(c4ccc(Cl)cc4)c4c(sc(C)c4C)-n4c(C)nnc43)c2C)-n2c(C)nnc21. The summed E-state index contributed by atoms with van der Waals surface area (Å²) in [4.78, 5) is 52.0. The highest BCUT2D eigenvalue weighted by Crippen LogP contribution is 2.42. The van der Waals surface area contributed by atoms with Crippen LogP contribution < -0.4 is 0 Å². The van der Waals surface area contributed by atoms with Crippen LogP contribution in [0.3, 0.4) is 0 Å². The number of fused-ring (bicyclic) bond motifs is 6. The Labute approximate surface area is 376 Å². The van der Waals surface area contributed by atoms with Gasteiger partial charge in [-0.3, -0.25) is 33.5 Å². The van der Waals surface area contributed by atoms with Crippen LogP contribution >= 0.6 is 45.9 Å². The third-order valence-electron chi connectivity index (χ3n) is 11.2. The van der Waals surface area contributed by atoms with Gasteiger partial charge in [-0.25, -0.2) is 0 Å². The van der Waals surface area contributed by atoms with Gasteiger partial charge in [0.2, 0.25) is 0 Å². The maximum atomic E-state index is 13.9. The Bertz CT molecular complexity index is 2770. The first-order chi connectivity index (χ1) is 29.8. The lowest BCUT2D eigenvalue weighted by Crippen LogP contribution is -2.12. The van der Waals surface area contributed by atoms with Crippen LogP contribution in [-0.2, 0) is 19.1 Å². The molecule has 8 rings (SSSR count). The van der Waals surface area contributed by atoms with E-state index < -0.39 is 18.1 Å². The number of halogens is 2. The fourth-order valence-corrected chi connectivity index (χ4v) is 10.7. The summed E-state index contributed by atoms with van der Waals surface area (Å²) in [5.74, 6) is 2.11. The molecule has 320 valence electrons. The van der Waals surface area contributed by atoms with Crippen LogP contribution in [0.4, 0.5) is 0 Å². The van der Waals surface area contributed by atoms with Gasteiger partial charge in [-0.15, -0.1) is 43.1 Å². The summed E-state index contributed by atoms with van der Waals surface area (Å²) in [6.45, 7) is 10.6. The van der Waals surface area contributed by atoms with Gasteiger partial charge in [-0.05, 0) is 82.9 Å². The number of benzene rings is 2. The first kappa shape index (κ1) is 43.5. The van der Waals surface area contributed by atoms with Crippen molar-refractivity contribution in [3.63, 3.8) is 0 Å². The van der Waals surface area contributed by atoms with Gasteiger partial charge >= 0.3 is 5.97 Å². The maximum absolute atomic E-state index is 13.9. The number of aromatic nitrogens is 6. The standard InChI is InChI=1S/C45H44Cl2N8O5S2/c1-23-25(3)61-44-37(23)39(28-11-15-30(46)16-12-28)48-33(42-52-50-26(4)54(42)44)21-32(56)9-7-19-60-20-8-10-35(57)41-24(2)38-40(29-13-17-31(47)18-14-29)49-34(22-36(58)59-6)43-53-51-27(5)55(43)45(38)62-41/h11-18,33-34H,7-10,19-22H2,1-6H3/t33-,34-/m1/s1. The van der Waals surface area contributed by atoms with Crippen LogP contribution in [0.2, 0.25) is 10.0 Å². The molecule has 0 unspecified atom stereocenters. The number of carbonyl (C=O) groups excluding carboxylic acids is 3. The summed E-state index contributed by atoms with van der Waals surface area (Å²) in [6.07, 6.45) is 1.77. The molecule has 2 aromatic carbocycles. The Morgan fingerprint density at radius 3 is 1.71 bits per heavy atom. The highest BCUT2D eigenvalue weighted by Gasteiger charge is 2.35. The summed E-state index contributed by atoms with van der Waals surface area (Å²) in [5, 5.41) is 20.6. The first-order valence-electron chi connectivity index (χ1n) is 20.3. The third-order valence-corrected chi connectivity index (χ3v) is 14.2.